The Bertz CT molecular complexity index is 689. The number of nitrogens with one attached hydrogen (secondary N) is 1. The van der Waals surface area contributed by atoms with Crippen molar-refractivity contribution < 1.29 is 4.42 Å². The van der Waals surface area contributed by atoms with Gasteiger partial charge in [0.1, 0.15) is 12.3 Å². The maximum Gasteiger partial charge on any atom is 0.216 e. The van der Waals surface area contributed by atoms with Crippen molar-refractivity contribution in [2.45, 2.75) is 53.1 Å². The second-order valence-corrected chi connectivity index (χ2v) is 7.81. The molecule has 2 heterocycles. The minimum atomic E-state index is -0.0429. The Morgan fingerprint density at radius 3 is 2.64 bits per heavy atom. The van der Waals surface area contributed by atoms with Crippen LogP contribution in [0.15, 0.2) is 21.0 Å². The molecule has 2 aromatic rings. The van der Waals surface area contributed by atoms with Gasteiger partial charge in [-0.2, -0.15) is 0 Å². The van der Waals surface area contributed by atoms with Crippen LogP contribution in [0.5, 0.6) is 0 Å². The largest absolute Gasteiger partial charge is 0.443 e. The van der Waals surface area contributed by atoms with Gasteiger partial charge in [-0.05, 0) is 13.8 Å². The molecule has 2 aromatic heterocycles. The summed E-state index contributed by atoms with van der Waals surface area (Å²) in [5.41, 5.74) is 1.01. The number of thiazole rings is 1. The fourth-order valence-electron chi connectivity index (χ4n) is 2.14. The van der Waals surface area contributed by atoms with Crippen LogP contribution in [0.4, 0.5) is 0 Å². The van der Waals surface area contributed by atoms with Gasteiger partial charge < -0.3 is 14.6 Å². The molecule has 0 aliphatic carbocycles. The molecule has 1 N–H and O–H groups in total. The number of oxazole rings is 1. The number of rotatable bonds is 5. The van der Waals surface area contributed by atoms with Gasteiger partial charge in [-0.25, -0.2) is 15.0 Å². The summed E-state index contributed by atoms with van der Waals surface area (Å²) < 4.78 is 5.80. The van der Waals surface area contributed by atoms with E-state index < -0.39 is 0 Å². The maximum absolute atomic E-state index is 5.80. The Hall–Kier alpha value is -1.16. The highest BCUT2D eigenvalue weighted by Crippen LogP contribution is 2.22. The molecule has 0 unspecified atom stereocenters. The summed E-state index contributed by atoms with van der Waals surface area (Å²) in [4.78, 5) is 15.5. The summed E-state index contributed by atoms with van der Waals surface area (Å²) in [6.07, 6.45) is 1.79. The fourth-order valence-corrected chi connectivity index (χ4v) is 2.74. The van der Waals surface area contributed by atoms with Gasteiger partial charge in [0.25, 0.3) is 0 Å². The van der Waals surface area contributed by atoms with Gasteiger partial charge in [0, 0.05) is 24.4 Å². The van der Waals surface area contributed by atoms with Gasteiger partial charge in [0.05, 0.1) is 23.4 Å². The van der Waals surface area contributed by atoms with Gasteiger partial charge in [-0.3, -0.25) is 0 Å². The van der Waals surface area contributed by atoms with Crippen LogP contribution in [0.25, 0.3) is 0 Å². The van der Waals surface area contributed by atoms with Crippen molar-refractivity contribution in [3.63, 3.8) is 0 Å². The van der Waals surface area contributed by atoms with Crippen molar-refractivity contribution in [3.05, 3.63) is 33.9 Å². The number of guanidine groups is 1. The molecule has 25 heavy (non-hydrogen) atoms. The summed E-state index contributed by atoms with van der Waals surface area (Å²) in [6, 6.07) is 0. The molecule has 0 aromatic carbocycles. The molecule has 0 spiro atoms. The maximum atomic E-state index is 5.80. The first kappa shape index (κ1) is 21.9. The van der Waals surface area contributed by atoms with E-state index in [1.165, 1.54) is 0 Å². The Morgan fingerprint density at radius 1 is 1.40 bits per heavy atom. The lowest BCUT2D eigenvalue weighted by Gasteiger charge is -2.20. The molecule has 0 aliphatic rings. The second kappa shape index (κ2) is 9.51. The molecule has 0 aliphatic heterocycles. The Labute approximate surface area is 171 Å². The first-order valence-corrected chi connectivity index (χ1v) is 9.03. The van der Waals surface area contributed by atoms with Crippen molar-refractivity contribution in [1.82, 2.24) is 20.2 Å². The topological polar surface area (TPSA) is 66.6 Å². The molecule has 0 saturated carbocycles. The van der Waals surface area contributed by atoms with Gasteiger partial charge in [0.2, 0.25) is 5.89 Å². The van der Waals surface area contributed by atoms with E-state index in [-0.39, 0.29) is 29.4 Å². The van der Waals surface area contributed by atoms with Gasteiger partial charge in [-0.1, -0.05) is 20.8 Å². The summed E-state index contributed by atoms with van der Waals surface area (Å²) in [6.45, 7) is 12.3. The number of halogens is 1. The molecule has 6 nitrogen and oxygen atoms in total. The van der Waals surface area contributed by atoms with E-state index in [0.717, 1.165) is 35.5 Å². The summed E-state index contributed by atoms with van der Waals surface area (Å²) >= 11 is 1.66. The summed E-state index contributed by atoms with van der Waals surface area (Å²) in [5, 5.41) is 6.46. The molecule has 0 amide bonds. The van der Waals surface area contributed by atoms with E-state index in [0.29, 0.717) is 12.4 Å². The lowest BCUT2D eigenvalue weighted by atomic mass is 9.94. The van der Waals surface area contributed by atoms with Crippen LogP contribution in [0.3, 0.4) is 0 Å². The third-order valence-electron chi connectivity index (χ3n) is 3.42. The molecular formula is C17H28IN5OS. The van der Waals surface area contributed by atoms with Crippen LogP contribution in [0.1, 0.15) is 50.0 Å². The van der Waals surface area contributed by atoms with Crippen LogP contribution in [-0.2, 0) is 18.5 Å². The Kier molecular flexibility index (Phi) is 8.33. The molecular weight excluding hydrogens is 449 g/mol. The molecule has 0 saturated heterocycles. The van der Waals surface area contributed by atoms with Crippen molar-refractivity contribution in [2.75, 3.05) is 13.6 Å². The predicted molar refractivity (Wildman–Crippen MR) is 114 cm³/mol. The monoisotopic (exact) mass is 477 g/mol. The third-order valence-corrected chi connectivity index (χ3v) is 4.24. The highest BCUT2D eigenvalue weighted by Gasteiger charge is 2.19. The van der Waals surface area contributed by atoms with Crippen LogP contribution in [0, 0.1) is 6.92 Å². The van der Waals surface area contributed by atoms with Crippen molar-refractivity contribution >= 4 is 41.3 Å². The first-order chi connectivity index (χ1) is 11.3. The predicted octanol–water partition coefficient (Wildman–Crippen LogP) is 3.95. The third kappa shape index (κ3) is 6.58. The number of hydrogen-bond donors (Lipinski definition) is 1. The lowest BCUT2D eigenvalue weighted by molar-refractivity contribution is 0.382. The molecule has 0 fully saturated rings. The van der Waals surface area contributed by atoms with E-state index >= 15 is 0 Å². The standard InChI is InChI=1S/C17H27N5OS.HI/c1-7-18-16(22(6)10-13-11-24-12(2)21-13)20-9-15-19-8-14(23-15)17(3,4)5;/h8,11H,7,9-10H2,1-6H3,(H,18,20);1H. The zero-order valence-corrected chi connectivity index (χ0v) is 18.9. The van der Waals surface area contributed by atoms with Crippen LogP contribution >= 0.6 is 35.3 Å². The zero-order chi connectivity index (χ0) is 17.7. The van der Waals surface area contributed by atoms with Gasteiger partial charge in [0.15, 0.2) is 5.96 Å². The average Bonchev–Trinajstić information content (AvgIpc) is 3.12. The van der Waals surface area contributed by atoms with E-state index in [2.05, 4.69) is 58.3 Å². The first-order valence-electron chi connectivity index (χ1n) is 8.15. The van der Waals surface area contributed by atoms with Gasteiger partial charge in [-0.15, -0.1) is 35.3 Å². The van der Waals surface area contributed by atoms with E-state index in [4.69, 9.17) is 4.42 Å². The van der Waals surface area contributed by atoms with E-state index in [1.54, 1.807) is 17.5 Å². The van der Waals surface area contributed by atoms with Crippen molar-refractivity contribution in [2.24, 2.45) is 4.99 Å². The number of aliphatic imine (C=N–C) groups is 1. The summed E-state index contributed by atoms with van der Waals surface area (Å²) in [7, 11) is 2.01. The van der Waals surface area contributed by atoms with E-state index in [9.17, 15) is 0 Å². The zero-order valence-electron chi connectivity index (χ0n) is 15.8. The second-order valence-electron chi connectivity index (χ2n) is 6.75. The number of hydrogen-bond acceptors (Lipinski definition) is 5. The normalized spacial score (nSPS) is 12.0. The lowest BCUT2D eigenvalue weighted by Crippen LogP contribution is -2.38. The number of nitrogens with zero attached hydrogens (tertiary/aromatic N) is 4. The van der Waals surface area contributed by atoms with E-state index in [1.807, 2.05) is 14.0 Å². The Morgan fingerprint density at radius 2 is 2.12 bits per heavy atom. The molecule has 8 heteroatoms. The molecule has 140 valence electrons. The average molecular weight is 477 g/mol. The van der Waals surface area contributed by atoms with Crippen molar-refractivity contribution in [1.29, 1.82) is 0 Å². The minimum absolute atomic E-state index is 0. The van der Waals surface area contributed by atoms with Crippen LogP contribution in [-0.4, -0.2) is 34.4 Å². The summed E-state index contributed by atoms with van der Waals surface area (Å²) in [5.74, 6) is 2.33. The number of aromatic nitrogens is 2. The smallest absolute Gasteiger partial charge is 0.216 e. The molecule has 0 atom stereocenters. The van der Waals surface area contributed by atoms with Crippen LogP contribution in [0.2, 0.25) is 0 Å². The minimum Gasteiger partial charge on any atom is -0.443 e. The molecule has 0 radical (unpaired) electrons. The molecule has 0 bridgehead atoms. The highest BCUT2D eigenvalue weighted by molar-refractivity contribution is 14.0. The van der Waals surface area contributed by atoms with Crippen molar-refractivity contribution in [3.8, 4) is 0 Å². The SMILES string of the molecule is CCNC(=NCc1ncc(C(C)(C)C)o1)N(C)Cc1csc(C)n1.I. The number of aryl methyl sites for hydroxylation is 1. The molecule has 2 rings (SSSR count). The quantitative estimate of drug-likeness (QED) is 0.401. The fraction of sp³-hybridized carbons (Fsp3) is 0.588. The van der Waals surface area contributed by atoms with Gasteiger partial charge >= 0.3 is 0 Å². The van der Waals surface area contributed by atoms with Crippen LogP contribution < -0.4 is 5.32 Å². The highest BCUT2D eigenvalue weighted by atomic mass is 127. The Balaban J connectivity index is 0.00000312.